The zero-order chi connectivity index (χ0) is 15.3. The minimum absolute atomic E-state index is 0.207. The standard InChI is InChI=1S/C14H21N3O3S/c15-21(19,20)10-11-6-8-13(9-7-11)17-14(18)16-12-4-2-1-3-5-12/h6-9,12H,1-5,10H2,(H2,15,19,20)(H2,16,17,18). The Labute approximate surface area is 125 Å². The molecule has 0 aliphatic heterocycles. The molecule has 6 nitrogen and oxygen atoms in total. The molecule has 0 saturated heterocycles. The highest BCUT2D eigenvalue weighted by Gasteiger charge is 2.15. The topological polar surface area (TPSA) is 101 Å². The number of carbonyl (C=O) groups excluding carboxylic acids is 1. The number of nitrogens with two attached hydrogens (primary N) is 1. The van der Waals surface area contributed by atoms with Gasteiger partial charge >= 0.3 is 6.03 Å². The van der Waals surface area contributed by atoms with Crippen LogP contribution in [0.4, 0.5) is 10.5 Å². The van der Waals surface area contributed by atoms with E-state index in [4.69, 9.17) is 5.14 Å². The lowest BCUT2D eigenvalue weighted by Crippen LogP contribution is -2.39. The Balaban J connectivity index is 1.86. The molecule has 0 unspecified atom stereocenters. The summed E-state index contributed by atoms with van der Waals surface area (Å²) in [5.74, 6) is -0.207. The van der Waals surface area contributed by atoms with E-state index < -0.39 is 10.0 Å². The average molecular weight is 311 g/mol. The van der Waals surface area contributed by atoms with E-state index in [1.54, 1.807) is 24.3 Å². The van der Waals surface area contributed by atoms with Crippen LogP contribution in [0.3, 0.4) is 0 Å². The molecule has 0 heterocycles. The SMILES string of the molecule is NS(=O)(=O)Cc1ccc(NC(=O)NC2CCCCC2)cc1. The third-order valence-electron chi connectivity index (χ3n) is 3.52. The summed E-state index contributed by atoms with van der Waals surface area (Å²) in [5.41, 5.74) is 1.22. The maximum atomic E-state index is 11.9. The van der Waals surface area contributed by atoms with Crippen LogP contribution in [0.5, 0.6) is 0 Å². The molecule has 2 amide bonds. The number of amides is 2. The highest BCUT2D eigenvalue weighted by Crippen LogP contribution is 2.17. The Morgan fingerprint density at radius 1 is 1.14 bits per heavy atom. The molecule has 0 radical (unpaired) electrons. The molecule has 1 aromatic carbocycles. The average Bonchev–Trinajstić information content (AvgIpc) is 2.40. The maximum absolute atomic E-state index is 11.9. The molecule has 4 N–H and O–H groups in total. The first-order valence-corrected chi connectivity index (χ1v) is 8.81. The van der Waals surface area contributed by atoms with Gasteiger partial charge in [-0.05, 0) is 30.5 Å². The van der Waals surface area contributed by atoms with Gasteiger partial charge in [-0.15, -0.1) is 0 Å². The second-order valence-corrected chi connectivity index (χ2v) is 7.05. The van der Waals surface area contributed by atoms with Crippen molar-refractivity contribution < 1.29 is 13.2 Å². The highest BCUT2D eigenvalue weighted by atomic mass is 32.2. The summed E-state index contributed by atoms with van der Waals surface area (Å²) in [4.78, 5) is 11.9. The van der Waals surface area contributed by atoms with Gasteiger partial charge in [0.15, 0.2) is 0 Å². The van der Waals surface area contributed by atoms with Crippen LogP contribution in [0.2, 0.25) is 0 Å². The predicted molar refractivity (Wildman–Crippen MR) is 82.3 cm³/mol. The number of urea groups is 1. The molecule has 116 valence electrons. The van der Waals surface area contributed by atoms with Crippen LogP contribution in [-0.4, -0.2) is 20.5 Å². The third-order valence-corrected chi connectivity index (χ3v) is 4.26. The van der Waals surface area contributed by atoms with Crippen molar-refractivity contribution in [1.29, 1.82) is 0 Å². The number of nitrogens with one attached hydrogen (secondary N) is 2. The number of benzene rings is 1. The number of primary sulfonamides is 1. The normalized spacial score (nSPS) is 16.4. The Morgan fingerprint density at radius 3 is 2.33 bits per heavy atom. The Kier molecular flexibility index (Phi) is 5.19. The van der Waals surface area contributed by atoms with E-state index in [0.717, 1.165) is 25.7 Å². The number of anilines is 1. The van der Waals surface area contributed by atoms with Crippen LogP contribution in [0.25, 0.3) is 0 Å². The Bertz CT molecular complexity index is 578. The molecule has 1 aliphatic rings. The Morgan fingerprint density at radius 2 is 1.76 bits per heavy atom. The van der Waals surface area contributed by atoms with E-state index in [1.165, 1.54) is 6.42 Å². The molecule has 2 rings (SSSR count). The quantitative estimate of drug-likeness (QED) is 0.791. The van der Waals surface area contributed by atoms with Crippen LogP contribution < -0.4 is 15.8 Å². The molecule has 7 heteroatoms. The van der Waals surface area contributed by atoms with Gasteiger partial charge in [0.1, 0.15) is 0 Å². The molecule has 1 fully saturated rings. The van der Waals surface area contributed by atoms with E-state index >= 15 is 0 Å². The smallest absolute Gasteiger partial charge is 0.319 e. The third kappa shape index (κ3) is 5.73. The fourth-order valence-electron chi connectivity index (χ4n) is 2.52. The van der Waals surface area contributed by atoms with Gasteiger partial charge in [0, 0.05) is 11.7 Å². The van der Waals surface area contributed by atoms with Crippen LogP contribution in [0.15, 0.2) is 24.3 Å². The lowest BCUT2D eigenvalue weighted by Gasteiger charge is -2.22. The molecule has 1 aliphatic carbocycles. The first kappa shape index (κ1) is 15.8. The van der Waals surface area contributed by atoms with Crippen molar-refractivity contribution in [3.8, 4) is 0 Å². The second-order valence-electron chi connectivity index (χ2n) is 5.44. The van der Waals surface area contributed by atoms with Crippen molar-refractivity contribution in [2.45, 2.75) is 43.9 Å². The van der Waals surface area contributed by atoms with Crippen molar-refractivity contribution in [2.24, 2.45) is 5.14 Å². The van der Waals surface area contributed by atoms with Crippen LogP contribution >= 0.6 is 0 Å². The van der Waals surface area contributed by atoms with Crippen molar-refractivity contribution in [3.63, 3.8) is 0 Å². The fourth-order valence-corrected chi connectivity index (χ4v) is 3.17. The minimum Gasteiger partial charge on any atom is -0.335 e. The molecule has 0 aromatic heterocycles. The number of hydrogen-bond acceptors (Lipinski definition) is 3. The summed E-state index contributed by atoms with van der Waals surface area (Å²) >= 11 is 0. The van der Waals surface area contributed by atoms with Gasteiger partial charge in [-0.1, -0.05) is 31.4 Å². The van der Waals surface area contributed by atoms with Gasteiger partial charge in [0.05, 0.1) is 5.75 Å². The number of carbonyl (C=O) groups is 1. The number of rotatable bonds is 4. The summed E-state index contributed by atoms with van der Waals surface area (Å²) in [6.07, 6.45) is 5.62. The molecular formula is C14H21N3O3S. The van der Waals surface area contributed by atoms with Crippen molar-refractivity contribution in [3.05, 3.63) is 29.8 Å². The zero-order valence-corrected chi connectivity index (χ0v) is 12.7. The Hall–Kier alpha value is -1.60. The lowest BCUT2D eigenvalue weighted by atomic mass is 9.96. The minimum atomic E-state index is -3.53. The summed E-state index contributed by atoms with van der Waals surface area (Å²) in [6, 6.07) is 6.64. The molecule has 0 bridgehead atoms. The van der Waals surface area contributed by atoms with Gasteiger partial charge < -0.3 is 10.6 Å². The van der Waals surface area contributed by atoms with E-state index in [-0.39, 0.29) is 17.8 Å². The van der Waals surface area contributed by atoms with E-state index in [0.29, 0.717) is 11.3 Å². The van der Waals surface area contributed by atoms with Crippen molar-refractivity contribution >= 4 is 21.7 Å². The van der Waals surface area contributed by atoms with E-state index in [2.05, 4.69) is 10.6 Å². The van der Waals surface area contributed by atoms with Crippen LogP contribution in [-0.2, 0) is 15.8 Å². The lowest BCUT2D eigenvalue weighted by molar-refractivity contribution is 0.244. The summed E-state index contributed by atoms with van der Waals surface area (Å²) in [7, 11) is -3.53. The molecule has 1 saturated carbocycles. The maximum Gasteiger partial charge on any atom is 0.319 e. The molecule has 21 heavy (non-hydrogen) atoms. The first-order valence-electron chi connectivity index (χ1n) is 7.09. The molecule has 1 aromatic rings. The molecule has 0 spiro atoms. The second kappa shape index (κ2) is 6.91. The largest absolute Gasteiger partial charge is 0.335 e. The summed E-state index contributed by atoms with van der Waals surface area (Å²) < 4.78 is 22.0. The van der Waals surface area contributed by atoms with Gasteiger partial charge in [-0.3, -0.25) is 0 Å². The van der Waals surface area contributed by atoms with Gasteiger partial charge in [-0.2, -0.15) is 0 Å². The van der Waals surface area contributed by atoms with Crippen LogP contribution in [0.1, 0.15) is 37.7 Å². The number of sulfonamides is 1. The number of hydrogen-bond donors (Lipinski definition) is 3. The van der Waals surface area contributed by atoms with Crippen LogP contribution in [0, 0.1) is 0 Å². The van der Waals surface area contributed by atoms with Crippen molar-refractivity contribution in [2.75, 3.05) is 5.32 Å². The van der Waals surface area contributed by atoms with Gasteiger partial charge in [0.25, 0.3) is 0 Å². The van der Waals surface area contributed by atoms with E-state index in [9.17, 15) is 13.2 Å². The summed E-state index contributed by atoms with van der Waals surface area (Å²) in [6.45, 7) is 0. The highest BCUT2D eigenvalue weighted by molar-refractivity contribution is 7.88. The van der Waals surface area contributed by atoms with Gasteiger partial charge in [-0.25, -0.2) is 18.4 Å². The van der Waals surface area contributed by atoms with Gasteiger partial charge in [0.2, 0.25) is 10.0 Å². The van der Waals surface area contributed by atoms with E-state index in [1.807, 2.05) is 0 Å². The monoisotopic (exact) mass is 311 g/mol. The first-order chi connectivity index (χ1) is 9.92. The molecule has 0 atom stereocenters. The molecular weight excluding hydrogens is 290 g/mol. The van der Waals surface area contributed by atoms with Crippen molar-refractivity contribution in [1.82, 2.24) is 5.32 Å². The predicted octanol–water partition coefficient (Wildman–Crippen LogP) is 1.93. The fraction of sp³-hybridized carbons (Fsp3) is 0.500. The summed E-state index contributed by atoms with van der Waals surface area (Å²) in [5, 5.41) is 10.7. The zero-order valence-electron chi connectivity index (χ0n) is 11.8.